The van der Waals surface area contributed by atoms with Crippen molar-refractivity contribution < 1.29 is 9.84 Å². The fourth-order valence-corrected chi connectivity index (χ4v) is 6.15. The first-order valence-corrected chi connectivity index (χ1v) is 11.3. The fourth-order valence-electron chi connectivity index (χ4n) is 6.15. The van der Waals surface area contributed by atoms with Gasteiger partial charge in [-0.2, -0.15) is 0 Å². The monoisotopic (exact) mass is 372 g/mol. The average molecular weight is 373 g/mol. The maximum atomic E-state index is 11.0. The standard InChI is InChI=1S/C25H40O2/c1-18(2)10-8-11-19(3)21-16-22(26)24-23(14-9-15-25(21,24)4)27-17-20-12-6-5-7-13-20/h5-7,12-13,18-19,21-24,26H,8-11,14-17H2,1-4H3/t19-,21-,22+,23-,24+,25-/m1/s1. The van der Waals surface area contributed by atoms with E-state index in [1.165, 1.54) is 37.7 Å². The van der Waals surface area contributed by atoms with Crippen molar-refractivity contribution in [3.63, 3.8) is 0 Å². The lowest BCUT2D eigenvalue weighted by Gasteiger charge is -2.46. The van der Waals surface area contributed by atoms with Crippen molar-refractivity contribution in [3.8, 4) is 0 Å². The average Bonchev–Trinajstić information content (AvgIpc) is 2.92. The molecule has 0 unspecified atom stereocenters. The highest BCUT2D eigenvalue weighted by Crippen LogP contribution is 2.59. The van der Waals surface area contributed by atoms with Crippen molar-refractivity contribution in [2.24, 2.45) is 29.1 Å². The topological polar surface area (TPSA) is 29.5 Å². The highest BCUT2D eigenvalue weighted by molar-refractivity contribution is 5.14. The molecule has 0 amide bonds. The second kappa shape index (κ2) is 9.09. The van der Waals surface area contributed by atoms with E-state index in [1.807, 2.05) is 6.07 Å². The molecule has 0 heterocycles. The highest BCUT2D eigenvalue weighted by atomic mass is 16.5. The largest absolute Gasteiger partial charge is 0.393 e. The van der Waals surface area contributed by atoms with Gasteiger partial charge in [0, 0.05) is 5.92 Å². The van der Waals surface area contributed by atoms with Crippen LogP contribution in [0.25, 0.3) is 0 Å². The zero-order valence-electron chi connectivity index (χ0n) is 17.9. The molecule has 0 spiro atoms. The summed E-state index contributed by atoms with van der Waals surface area (Å²) in [5, 5.41) is 11.0. The molecular formula is C25H40O2. The van der Waals surface area contributed by atoms with Crippen LogP contribution in [0.15, 0.2) is 30.3 Å². The van der Waals surface area contributed by atoms with E-state index < -0.39 is 0 Å². The Hall–Kier alpha value is -0.860. The van der Waals surface area contributed by atoms with Crippen LogP contribution in [0.1, 0.15) is 78.2 Å². The van der Waals surface area contributed by atoms with Gasteiger partial charge in [0.15, 0.2) is 0 Å². The summed E-state index contributed by atoms with van der Waals surface area (Å²) in [6.45, 7) is 10.2. The summed E-state index contributed by atoms with van der Waals surface area (Å²) in [7, 11) is 0. The van der Waals surface area contributed by atoms with Crippen LogP contribution in [-0.4, -0.2) is 17.3 Å². The Morgan fingerprint density at radius 2 is 1.89 bits per heavy atom. The second-order valence-corrected chi connectivity index (χ2v) is 9.97. The first kappa shape index (κ1) is 20.9. The third-order valence-corrected chi connectivity index (χ3v) is 7.56. The zero-order chi connectivity index (χ0) is 19.4. The molecule has 2 saturated carbocycles. The van der Waals surface area contributed by atoms with Gasteiger partial charge in [0.1, 0.15) is 0 Å². The van der Waals surface area contributed by atoms with Gasteiger partial charge in [0.05, 0.1) is 18.8 Å². The molecule has 0 bridgehead atoms. The summed E-state index contributed by atoms with van der Waals surface area (Å²) >= 11 is 0. The summed E-state index contributed by atoms with van der Waals surface area (Å²) in [4.78, 5) is 0. The van der Waals surface area contributed by atoms with Crippen LogP contribution in [0.2, 0.25) is 0 Å². The Balaban J connectivity index is 1.64. The summed E-state index contributed by atoms with van der Waals surface area (Å²) in [5.41, 5.74) is 1.46. The number of hydrogen-bond acceptors (Lipinski definition) is 2. The van der Waals surface area contributed by atoms with Crippen LogP contribution < -0.4 is 0 Å². The minimum atomic E-state index is -0.200. The molecule has 152 valence electrons. The Morgan fingerprint density at radius 3 is 2.59 bits per heavy atom. The molecule has 2 aliphatic carbocycles. The fraction of sp³-hybridized carbons (Fsp3) is 0.760. The highest BCUT2D eigenvalue weighted by Gasteiger charge is 2.57. The number of fused-ring (bicyclic) bond motifs is 1. The normalized spacial score (nSPS) is 34.6. The Bertz CT molecular complexity index is 569. The van der Waals surface area contributed by atoms with E-state index in [2.05, 4.69) is 52.0 Å². The summed E-state index contributed by atoms with van der Waals surface area (Å²) in [6.07, 6.45) is 8.48. The quantitative estimate of drug-likeness (QED) is 0.587. The molecule has 3 rings (SSSR count). The molecule has 0 saturated heterocycles. The van der Waals surface area contributed by atoms with Crippen molar-refractivity contribution in [2.75, 3.05) is 0 Å². The molecule has 6 atom stereocenters. The molecule has 2 nitrogen and oxygen atoms in total. The number of aliphatic hydroxyl groups is 1. The molecular weight excluding hydrogens is 332 g/mol. The Kier molecular flexibility index (Phi) is 7.03. The van der Waals surface area contributed by atoms with Crippen LogP contribution in [0, 0.1) is 29.1 Å². The molecule has 0 radical (unpaired) electrons. The van der Waals surface area contributed by atoms with E-state index in [4.69, 9.17) is 4.74 Å². The van der Waals surface area contributed by atoms with E-state index in [0.29, 0.717) is 24.4 Å². The van der Waals surface area contributed by atoms with Gasteiger partial charge in [-0.1, -0.05) is 83.7 Å². The van der Waals surface area contributed by atoms with Crippen LogP contribution in [0.3, 0.4) is 0 Å². The minimum absolute atomic E-state index is 0.200. The molecule has 1 aromatic carbocycles. The first-order chi connectivity index (χ1) is 12.9. The smallest absolute Gasteiger partial charge is 0.0720 e. The van der Waals surface area contributed by atoms with E-state index in [1.54, 1.807) is 0 Å². The number of benzene rings is 1. The van der Waals surface area contributed by atoms with Crippen LogP contribution in [-0.2, 0) is 11.3 Å². The molecule has 2 heteroatoms. The van der Waals surface area contributed by atoms with Crippen LogP contribution in [0.4, 0.5) is 0 Å². The van der Waals surface area contributed by atoms with Gasteiger partial charge in [-0.25, -0.2) is 0 Å². The molecule has 27 heavy (non-hydrogen) atoms. The SMILES string of the molecule is CC(C)CCC[C@@H](C)[C@H]1C[C@H](O)[C@H]2[C@H](OCc3ccccc3)CCC[C@@]21C. The third-order valence-electron chi connectivity index (χ3n) is 7.56. The minimum Gasteiger partial charge on any atom is -0.393 e. The molecule has 1 aromatic rings. The van der Waals surface area contributed by atoms with E-state index in [0.717, 1.165) is 18.8 Å². The third kappa shape index (κ3) is 4.77. The van der Waals surface area contributed by atoms with Gasteiger partial charge >= 0.3 is 0 Å². The Labute approximate surface area is 166 Å². The number of ether oxygens (including phenoxy) is 1. The maximum Gasteiger partial charge on any atom is 0.0720 e. The second-order valence-electron chi connectivity index (χ2n) is 9.97. The van der Waals surface area contributed by atoms with Crippen molar-refractivity contribution >= 4 is 0 Å². The van der Waals surface area contributed by atoms with Gasteiger partial charge < -0.3 is 9.84 Å². The molecule has 0 aromatic heterocycles. The van der Waals surface area contributed by atoms with Crippen molar-refractivity contribution in [1.29, 1.82) is 0 Å². The van der Waals surface area contributed by atoms with Gasteiger partial charge in [-0.15, -0.1) is 0 Å². The van der Waals surface area contributed by atoms with Crippen LogP contribution >= 0.6 is 0 Å². The van der Waals surface area contributed by atoms with Crippen LogP contribution in [0.5, 0.6) is 0 Å². The summed E-state index contributed by atoms with van der Waals surface area (Å²) in [6, 6.07) is 10.5. The summed E-state index contributed by atoms with van der Waals surface area (Å²) in [5.74, 6) is 2.42. The lowest BCUT2D eigenvalue weighted by atomic mass is 9.61. The van der Waals surface area contributed by atoms with E-state index >= 15 is 0 Å². The lowest BCUT2D eigenvalue weighted by molar-refractivity contribution is -0.102. The first-order valence-electron chi connectivity index (χ1n) is 11.3. The van der Waals surface area contributed by atoms with Gasteiger partial charge in [0.25, 0.3) is 0 Å². The van der Waals surface area contributed by atoms with Crippen molar-refractivity contribution in [1.82, 2.24) is 0 Å². The van der Waals surface area contributed by atoms with Crippen molar-refractivity contribution in [3.05, 3.63) is 35.9 Å². The number of rotatable bonds is 8. The molecule has 0 aliphatic heterocycles. The maximum absolute atomic E-state index is 11.0. The molecule has 2 aliphatic rings. The van der Waals surface area contributed by atoms with Crippen molar-refractivity contribution in [2.45, 2.75) is 91.5 Å². The van der Waals surface area contributed by atoms with Gasteiger partial charge in [0.2, 0.25) is 0 Å². The van der Waals surface area contributed by atoms with Gasteiger partial charge in [-0.05, 0) is 48.0 Å². The lowest BCUT2D eigenvalue weighted by Crippen LogP contribution is -2.45. The predicted octanol–water partition coefficient (Wildman–Crippen LogP) is 6.22. The van der Waals surface area contributed by atoms with E-state index in [9.17, 15) is 5.11 Å². The number of aliphatic hydroxyl groups excluding tert-OH is 1. The number of hydrogen-bond donors (Lipinski definition) is 1. The van der Waals surface area contributed by atoms with Gasteiger partial charge in [-0.3, -0.25) is 0 Å². The summed E-state index contributed by atoms with van der Waals surface area (Å²) < 4.78 is 6.40. The van der Waals surface area contributed by atoms with E-state index in [-0.39, 0.29) is 17.6 Å². The zero-order valence-corrected chi connectivity index (χ0v) is 17.9. The molecule has 2 fully saturated rings. The molecule has 1 N–H and O–H groups in total. The Morgan fingerprint density at radius 1 is 1.15 bits per heavy atom. The predicted molar refractivity (Wildman–Crippen MR) is 112 cm³/mol.